The Balaban J connectivity index is 1.50. The number of rotatable bonds is 10. The highest BCUT2D eigenvalue weighted by Gasteiger charge is 2.46. The number of amides is 4. The summed E-state index contributed by atoms with van der Waals surface area (Å²) in [6.07, 6.45) is 0.151. The van der Waals surface area contributed by atoms with Gasteiger partial charge in [0.05, 0.1) is 31.4 Å². The Morgan fingerprint density at radius 3 is 2.23 bits per heavy atom. The van der Waals surface area contributed by atoms with Gasteiger partial charge in [-0.1, -0.05) is 12.1 Å². The van der Waals surface area contributed by atoms with Crippen molar-refractivity contribution in [3.8, 4) is 5.75 Å². The molecule has 0 spiro atoms. The smallest absolute Gasteiger partial charge is 0.338 e. The Morgan fingerprint density at radius 1 is 0.949 bits per heavy atom. The largest absolute Gasteiger partial charge is 0.497 e. The van der Waals surface area contributed by atoms with E-state index in [4.69, 9.17) is 9.47 Å². The maximum Gasteiger partial charge on any atom is 0.338 e. The van der Waals surface area contributed by atoms with E-state index < -0.39 is 35.7 Å². The van der Waals surface area contributed by atoms with Crippen molar-refractivity contribution in [1.29, 1.82) is 0 Å². The monoisotopic (exact) mass is 533 g/mol. The number of carbonyl (C=O) groups excluding carboxylic acids is 4. The van der Waals surface area contributed by atoms with Crippen molar-refractivity contribution < 1.29 is 33.0 Å². The first-order valence-corrected chi connectivity index (χ1v) is 12.4. The van der Waals surface area contributed by atoms with E-state index in [-0.39, 0.29) is 25.3 Å². The van der Waals surface area contributed by atoms with E-state index in [2.05, 4.69) is 5.32 Å². The summed E-state index contributed by atoms with van der Waals surface area (Å²) in [4.78, 5) is 53.9. The van der Waals surface area contributed by atoms with Gasteiger partial charge in [0.2, 0.25) is 5.91 Å². The number of hydrogen-bond acceptors (Lipinski definition) is 6. The average Bonchev–Trinajstić information content (AvgIpc) is 3.16. The summed E-state index contributed by atoms with van der Waals surface area (Å²) in [5.41, 5.74) is 1.90. The predicted molar refractivity (Wildman–Crippen MR) is 142 cm³/mol. The fraction of sp³-hybridized carbons (Fsp3) is 0.241. The Morgan fingerprint density at radius 2 is 1.62 bits per heavy atom. The van der Waals surface area contributed by atoms with Gasteiger partial charge in [-0.05, 0) is 79.6 Å². The second-order valence-electron chi connectivity index (χ2n) is 8.79. The summed E-state index contributed by atoms with van der Waals surface area (Å²) >= 11 is 0. The molecule has 202 valence electrons. The minimum absolute atomic E-state index is 0.181. The highest BCUT2D eigenvalue weighted by molar-refractivity contribution is 6.22. The molecule has 9 nitrogen and oxygen atoms in total. The minimum Gasteiger partial charge on any atom is -0.497 e. The molecule has 3 aromatic carbocycles. The third kappa shape index (κ3) is 6.40. The average molecular weight is 534 g/mol. The van der Waals surface area contributed by atoms with Crippen LogP contribution in [0.2, 0.25) is 0 Å². The quantitative estimate of drug-likeness (QED) is 0.306. The van der Waals surface area contributed by atoms with Gasteiger partial charge in [-0.15, -0.1) is 0 Å². The molecule has 1 aliphatic heterocycles. The molecule has 1 atom stereocenters. The van der Waals surface area contributed by atoms with E-state index in [9.17, 15) is 23.6 Å². The highest BCUT2D eigenvalue weighted by Crippen LogP contribution is 2.28. The molecule has 0 bridgehead atoms. The number of ether oxygens (including phenoxy) is 2. The molecule has 0 saturated carbocycles. The number of benzene rings is 3. The molecular weight excluding hydrogens is 505 g/mol. The Bertz CT molecular complexity index is 1340. The normalized spacial score (nSPS) is 14.9. The molecule has 10 heteroatoms. The van der Waals surface area contributed by atoms with Crippen LogP contribution >= 0.6 is 0 Å². The van der Waals surface area contributed by atoms with E-state index in [1.54, 1.807) is 38.3 Å². The SMILES string of the molecule is CCOC(=O)c1ccc(NC(=O)C[C@@H]2C(=O)N(c3ccc(F)cc3)C(=O)N2CCc2ccc(OC)cc2)cc1. The summed E-state index contributed by atoms with van der Waals surface area (Å²) in [6.45, 7) is 2.13. The van der Waals surface area contributed by atoms with Gasteiger partial charge < -0.3 is 19.7 Å². The van der Waals surface area contributed by atoms with E-state index in [1.807, 2.05) is 12.1 Å². The zero-order valence-corrected chi connectivity index (χ0v) is 21.6. The summed E-state index contributed by atoms with van der Waals surface area (Å²) in [5, 5.41) is 2.71. The van der Waals surface area contributed by atoms with Crippen molar-refractivity contribution in [2.45, 2.75) is 25.8 Å². The molecular formula is C29H28FN3O6. The van der Waals surface area contributed by atoms with Crippen LogP contribution in [0.25, 0.3) is 0 Å². The lowest BCUT2D eigenvalue weighted by Crippen LogP contribution is -2.39. The molecule has 0 aliphatic carbocycles. The molecule has 0 unspecified atom stereocenters. The second-order valence-corrected chi connectivity index (χ2v) is 8.79. The van der Waals surface area contributed by atoms with Gasteiger partial charge in [-0.25, -0.2) is 18.9 Å². The Labute approximate surface area is 225 Å². The highest BCUT2D eigenvalue weighted by atomic mass is 19.1. The van der Waals surface area contributed by atoms with Crippen molar-refractivity contribution in [2.24, 2.45) is 0 Å². The summed E-state index contributed by atoms with van der Waals surface area (Å²) in [5.74, 6) is -1.34. The number of nitrogens with one attached hydrogen (secondary N) is 1. The van der Waals surface area contributed by atoms with E-state index in [0.29, 0.717) is 23.4 Å². The predicted octanol–water partition coefficient (Wildman–Crippen LogP) is 4.42. The van der Waals surface area contributed by atoms with Crippen LogP contribution in [0.15, 0.2) is 72.8 Å². The number of nitrogens with zero attached hydrogens (tertiary/aromatic N) is 2. The lowest BCUT2D eigenvalue weighted by Gasteiger charge is -2.21. The third-order valence-electron chi connectivity index (χ3n) is 6.26. The molecule has 4 amide bonds. The molecule has 1 saturated heterocycles. The number of hydrogen-bond donors (Lipinski definition) is 1. The van der Waals surface area contributed by atoms with E-state index in [0.717, 1.165) is 22.6 Å². The van der Waals surface area contributed by atoms with Crippen LogP contribution in [-0.2, 0) is 20.7 Å². The zero-order valence-electron chi connectivity index (χ0n) is 21.6. The van der Waals surface area contributed by atoms with Gasteiger partial charge in [0, 0.05) is 12.2 Å². The summed E-state index contributed by atoms with van der Waals surface area (Å²) < 4.78 is 23.6. The molecule has 1 fully saturated rings. The molecule has 3 aromatic rings. The first-order chi connectivity index (χ1) is 18.8. The van der Waals surface area contributed by atoms with Gasteiger partial charge >= 0.3 is 12.0 Å². The lowest BCUT2D eigenvalue weighted by molar-refractivity contribution is -0.124. The van der Waals surface area contributed by atoms with Crippen LogP contribution in [-0.4, -0.2) is 55.0 Å². The van der Waals surface area contributed by atoms with Crippen molar-refractivity contribution in [3.63, 3.8) is 0 Å². The minimum atomic E-state index is -1.06. The number of methoxy groups -OCH3 is 1. The van der Waals surface area contributed by atoms with Crippen LogP contribution < -0.4 is 15.0 Å². The van der Waals surface area contributed by atoms with Gasteiger partial charge in [-0.3, -0.25) is 9.59 Å². The molecule has 1 aliphatic rings. The molecule has 0 radical (unpaired) electrons. The fourth-order valence-electron chi connectivity index (χ4n) is 4.25. The Hall–Kier alpha value is -4.73. The van der Waals surface area contributed by atoms with Crippen molar-refractivity contribution >= 4 is 35.2 Å². The number of esters is 1. The van der Waals surface area contributed by atoms with Gasteiger partial charge in [0.15, 0.2) is 0 Å². The first-order valence-electron chi connectivity index (χ1n) is 12.4. The van der Waals surface area contributed by atoms with Gasteiger partial charge in [0.25, 0.3) is 5.91 Å². The number of urea groups is 1. The van der Waals surface area contributed by atoms with Gasteiger partial charge in [0.1, 0.15) is 17.6 Å². The van der Waals surface area contributed by atoms with Gasteiger partial charge in [-0.2, -0.15) is 0 Å². The molecule has 39 heavy (non-hydrogen) atoms. The Kier molecular flexibility index (Phi) is 8.55. The number of anilines is 2. The molecule has 1 heterocycles. The van der Waals surface area contributed by atoms with E-state index >= 15 is 0 Å². The summed E-state index contributed by atoms with van der Waals surface area (Å²) in [7, 11) is 1.57. The van der Waals surface area contributed by atoms with E-state index in [1.165, 1.54) is 29.2 Å². The van der Waals surface area contributed by atoms with Crippen LogP contribution in [0.5, 0.6) is 5.75 Å². The first kappa shape index (κ1) is 27.3. The van der Waals surface area contributed by atoms with Crippen molar-refractivity contribution in [1.82, 2.24) is 4.90 Å². The lowest BCUT2D eigenvalue weighted by atomic mass is 10.1. The number of halogens is 1. The maximum atomic E-state index is 13.5. The van der Waals surface area contributed by atoms with Crippen molar-refractivity contribution in [3.05, 3.63) is 89.7 Å². The van der Waals surface area contributed by atoms with Crippen molar-refractivity contribution in [2.75, 3.05) is 30.5 Å². The van der Waals surface area contributed by atoms with Crippen LogP contribution in [0, 0.1) is 5.82 Å². The van der Waals surface area contributed by atoms with Crippen LogP contribution in [0.1, 0.15) is 29.3 Å². The molecule has 1 N–H and O–H groups in total. The molecule has 0 aromatic heterocycles. The number of carbonyl (C=O) groups is 4. The molecule has 4 rings (SSSR count). The van der Waals surface area contributed by atoms with Crippen LogP contribution in [0.3, 0.4) is 0 Å². The number of imide groups is 1. The van der Waals surface area contributed by atoms with Crippen LogP contribution in [0.4, 0.5) is 20.6 Å². The maximum absolute atomic E-state index is 13.5. The third-order valence-corrected chi connectivity index (χ3v) is 6.26. The summed E-state index contributed by atoms with van der Waals surface area (Å²) in [6, 6.07) is 16.9. The zero-order chi connectivity index (χ0) is 27.9. The second kappa shape index (κ2) is 12.2. The fourth-order valence-corrected chi connectivity index (χ4v) is 4.25. The standard InChI is InChI=1S/C29H28FN3O6/c1-3-39-28(36)20-6-10-22(11-7-20)31-26(34)18-25-27(35)33(23-12-8-21(30)9-13-23)29(37)32(25)17-16-19-4-14-24(38-2)15-5-19/h4-15,25H,3,16-18H2,1-2H3,(H,31,34)/t25-/m1/s1. The topological polar surface area (TPSA) is 105 Å².